The SMILES string of the molecule is COc1ccc(S(=O)(=O)N(CC(=O)N/N=C\c2ccc(C)c(C)c2C)c2cc(Cl)ccc2OC)cc1OC. The van der Waals surface area contributed by atoms with Gasteiger partial charge in [0.05, 0.1) is 38.1 Å². The van der Waals surface area contributed by atoms with Gasteiger partial charge < -0.3 is 14.2 Å². The number of rotatable bonds is 10. The highest BCUT2D eigenvalue weighted by molar-refractivity contribution is 7.92. The summed E-state index contributed by atoms with van der Waals surface area (Å²) >= 11 is 6.19. The minimum absolute atomic E-state index is 0.0823. The molecule has 3 aromatic carbocycles. The lowest BCUT2D eigenvalue weighted by atomic mass is 10.00. The summed E-state index contributed by atoms with van der Waals surface area (Å²) in [4.78, 5) is 12.8. The van der Waals surface area contributed by atoms with E-state index in [1.165, 1.54) is 57.9 Å². The third-order valence-electron chi connectivity index (χ3n) is 6.13. The zero-order valence-corrected chi connectivity index (χ0v) is 23.6. The second-order valence-electron chi connectivity index (χ2n) is 8.36. The molecule has 0 fully saturated rings. The number of ether oxygens (including phenoxy) is 3. The van der Waals surface area contributed by atoms with E-state index in [9.17, 15) is 13.2 Å². The fraction of sp³-hybridized carbons (Fsp3) is 0.259. The fourth-order valence-electron chi connectivity index (χ4n) is 3.72. The molecular weight excluding hydrogens is 530 g/mol. The lowest BCUT2D eigenvalue weighted by Gasteiger charge is -2.25. The molecule has 0 spiro atoms. The first-order valence-electron chi connectivity index (χ1n) is 11.5. The van der Waals surface area contributed by atoms with Crippen LogP contribution in [-0.2, 0) is 14.8 Å². The topological polar surface area (TPSA) is 107 Å². The van der Waals surface area contributed by atoms with Crippen LogP contribution >= 0.6 is 11.6 Å². The predicted octanol–water partition coefficient (Wildman–Crippen LogP) is 4.64. The van der Waals surface area contributed by atoms with Crippen molar-refractivity contribution in [2.24, 2.45) is 5.10 Å². The lowest BCUT2D eigenvalue weighted by molar-refractivity contribution is -0.119. The molecule has 0 atom stereocenters. The number of nitrogens with one attached hydrogen (secondary N) is 1. The van der Waals surface area contributed by atoms with Crippen LogP contribution in [0.1, 0.15) is 22.3 Å². The Balaban J connectivity index is 1.98. The highest BCUT2D eigenvalue weighted by Crippen LogP contribution is 2.37. The van der Waals surface area contributed by atoms with Gasteiger partial charge in [-0.05, 0) is 73.4 Å². The molecule has 0 saturated heterocycles. The van der Waals surface area contributed by atoms with Crippen LogP contribution in [0.25, 0.3) is 0 Å². The molecule has 0 unspecified atom stereocenters. The molecule has 38 heavy (non-hydrogen) atoms. The molecule has 3 aromatic rings. The number of nitrogens with zero attached hydrogens (tertiary/aromatic N) is 2. The smallest absolute Gasteiger partial charge is 0.265 e. The highest BCUT2D eigenvalue weighted by atomic mass is 35.5. The van der Waals surface area contributed by atoms with Crippen LogP contribution in [0.5, 0.6) is 17.2 Å². The Morgan fingerprint density at radius 2 is 1.58 bits per heavy atom. The molecule has 11 heteroatoms. The molecule has 1 amide bonds. The fourth-order valence-corrected chi connectivity index (χ4v) is 5.32. The van der Waals surface area contributed by atoms with Crippen molar-refractivity contribution >= 4 is 39.4 Å². The first-order chi connectivity index (χ1) is 18.0. The Kier molecular flexibility index (Phi) is 9.24. The van der Waals surface area contributed by atoms with Crippen LogP contribution in [-0.4, -0.2) is 48.4 Å². The van der Waals surface area contributed by atoms with Gasteiger partial charge in [-0.3, -0.25) is 9.10 Å². The van der Waals surface area contributed by atoms with E-state index in [0.717, 1.165) is 26.6 Å². The van der Waals surface area contributed by atoms with E-state index in [1.54, 1.807) is 6.07 Å². The number of hydrogen-bond donors (Lipinski definition) is 1. The van der Waals surface area contributed by atoms with E-state index < -0.39 is 22.5 Å². The van der Waals surface area contributed by atoms with Crippen LogP contribution in [0.15, 0.2) is 58.5 Å². The third kappa shape index (κ3) is 6.20. The monoisotopic (exact) mass is 559 g/mol. The summed E-state index contributed by atoms with van der Waals surface area (Å²) in [5.74, 6) is 0.103. The van der Waals surface area contributed by atoms with Crippen molar-refractivity contribution in [3.8, 4) is 17.2 Å². The minimum atomic E-state index is -4.30. The first kappa shape index (κ1) is 28.8. The molecule has 0 saturated carbocycles. The normalized spacial score (nSPS) is 11.3. The largest absolute Gasteiger partial charge is 0.495 e. The standard InChI is InChI=1S/C27H30ClN3O6S/c1-17-7-8-20(19(3)18(17)2)15-29-30-27(32)16-31(23-13-21(28)9-11-24(23)35-4)38(33,34)22-10-12-25(36-5)26(14-22)37-6/h7-15H,16H2,1-6H3,(H,30,32)/b29-15-. The van der Waals surface area contributed by atoms with Crippen molar-refractivity contribution < 1.29 is 27.4 Å². The number of carbonyl (C=O) groups is 1. The zero-order valence-electron chi connectivity index (χ0n) is 22.0. The van der Waals surface area contributed by atoms with Gasteiger partial charge in [-0.1, -0.05) is 23.7 Å². The number of aryl methyl sites for hydroxylation is 1. The molecule has 0 heterocycles. The average molecular weight is 560 g/mol. The van der Waals surface area contributed by atoms with Crippen LogP contribution in [0.4, 0.5) is 5.69 Å². The van der Waals surface area contributed by atoms with Crippen molar-refractivity contribution in [3.05, 3.63) is 75.8 Å². The Bertz CT molecular complexity index is 1470. The average Bonchev–Trinajstić information content (AvgIpc) is 2.91. The van der Waals surface area contributed by atoms with Gasteiger partial charge in [-0.2, -0.15) is 5.10 Å². The third-order valence-corrected chi connectivity index (χ3v) is 8.12. The molecule has 0 radical (unpaired) electrons. The highest BCUT2D eigenvalue weighted by Gasteiger charge is 2.30. The molecule has 9 nitrogen and oxygen atoms in total. The Hall–Kier alpha value is -3.76. The van der Waals surface area contributed by atoms with Crippen LogP contribution in [0, 0.1) is 20.8 Å². The molecular formula is C27H30ClN3O6S. The van der Waals surface area contributed by atoms with E-state index in [1.807, 2.05) is 32.9 Å². The summed E-state index contributed by atoms with van der Waals surface area (Å²) in [5.41, 5.74) is 6.64. The van der Waals surface area contributed by atoms with Gasteiger partial charge in [-0.25, -0.2) is 13.8 Å². The quantitative estimate of drug-likeness (QED) is 0.286. The van der Waals surface area contributed by atoms with Crippen molar-refractivity contribution in [2.75, 3.05) is 32.2 Å². The Labute approximate surface area is 228 Å². The first-order valence-corrected chi connectivity index (χ1v) is 13.3. The van der Waals surface area contributed by atoms with E-state index >= 15 is 0 Å². The molecule has 0 aliphatic heterocycles. The van der Waals surface area contributed by atoms with E-state index in [2.05, 4.69) is 10.5 Å². The molecule has 3 rings (SSSR count). The van der Waals surface area contributed by atoms with Crippen LogP contribution in [0.3, 0.4) is 0 Å². The maximum absolute atomic E-state index is 13.8. The molecule has 0 aliphatic rings. The number of hydrogen-bond acceptors (Lipinski definition) is 7. The number of benzene rings is 3. The van der Waals surface area contributed by atoms with Gasteiger partial charge in [0.2, 0.25) is 0 Å². The number of carbonyl (C=O) groups excluding carboxylic acids is 1. The lowest BCUT2D eigenvalue weighted by Crippen LogP contribution is -2.39. The van der Waals surface area contributed by atoms with Crippen LogP contribution < -0.4 is 23.9 Å². The van der Waals surface area contributed by atoms with Crippen molar-refractivity contribution in [1.82, 2.24) is 5.43 Å². The van der Waals surface area contributed by atoms with E-state index in [-0.39, 0.29) is 27.1 Å². The molecule has 0 bridgehead atoms. The van der Waals surface area contributed by atoms with E-state index in [0.29, 0.717) is 5.75 Å². The number of amides is 1. The summed E-state index contributed by atoms with van der Waals surface area (Å²) in [5, 5.41) is 4.31. The molecule has 0 aromatic heterocycles. The maximum atomic E-state index is 13.8. The minimum Gasteiger partial charge on any atom is -0.495 e. The molecule has 0 aliphatic carbocycles. The number of methoxy groups -OCH3 is 3. The number of sulfonamides is 1. The summed E-state index contributed by atoms with van der Waals surface area (Å²) in [6.07, 6.45) is 1.52. The number of hydrazone groups is 1. The Morgan fingerprint density at radius 3 is 2.24 bits per heavy atom. The summed E-state index contributed by atoms with van der Waals surface area (Å²) in [7, 11) is -0.0695. The summed E-state index contributed by atoms with van der Waals surface area (Å²) in [6, 6.07) is 12.5. The predicted molar refractivity (Wildman–Crippen MR) is 148 cm³/mol. The zero-order chi connectivity index (χ0) is 28.0. The van der Waals surface area contributed by atoms with Crippen molar-refractivity contribution in [2.45, 2.75) is 25.7 Å². The van der Waals surface area contributed by atoms with Gasteiger partial charge in [0, 0.05) is 11.1 Å². The van der Waals surface area contributed by atoms with Gasteiger partial charge in [-0.15, -0.1) is 0 Å². The van der Waals surface area contributed by atoms with Crippen molar-refractivity contribution in [1.29, 1.82) is 0 Å². The van der Waals surface area contributed by atoms with Crippen molar-refractivity contribution in [3.63, 3.8) is 0 Å². The number of halogens is 1. The van der Waals surface area contributed by atoms with Gasteiger partial charge >= 0.3 is 0 Å². The number of anilines is 1. The second kappa shape index (κ2) is 12.2. The van der Waals surface area contributed by atoms with Gasteiger partial charge in [0.1, 0.15) is 12.3 Å². The van der Waals surface area contributed by atoms with Gasteiger partial charge in [0.15, 0.2) is 11.5 Å². The van der Waals surface area contributed by atoms with Crippen LogP contribution in [0.2, 0.25) is 5.02 Å². The second-order valence-corrected chi connectivity index (χ2v) is 10.7. The molecule has 202 valence electrons. The summed E-state index contributed by atoms with van der Waals surface area (Å²) < 4.78 is 44.4. The summed E-state index contributed by atoms with van der Waals surface area (Å²) in [6.45, 7) is 5.39. The van der Waals surface area contributed by atoms with Gasteiger partial charge in [0.25, 0.3) is 15.9 Å². The maximum Gasteiger partial charge on any atom is 0.265 e. The molecule has 1 N–H and O–H groups in total. The Morgan fingerprint density at radius 1 is 0.921 bits per heavy atom. The van der Waals surface area contributed by atoms with E-state index in [4.69, 9.17) is 25.8 Å².